The molecule has 1 heterocycles. The van der Waals surface area contributed by atoms with Crippen LogP contribution in [0, 0.1) is 0 Å². The van der Waals surface area contributed by atoms with E-state index in [9.17, 15) is 8.42 Å². The Balaban J connectivity index is 2.81. The van der Waals surface area contributed by atoms with Gasteiger partial charge in [0.25, 0.3) is 4.80 Å². The minimum atomic E-state index is -3.01. The number of halogens is 1. The van der Waals surface area contributed by atoms with E-state index >= 15 is 0 Å². The van der Waals surface area contributed by atoms with Crippen LogP contribution in [0.5, 0.6) is 0 Å². The van der Waals surface area contributed by atoms with E-state index in [-0.39, 0.29) is 5.75 Å². The molecule has 0 amide bonds. The van der Waals surface area contributed by atoms with Gasteiger partial charge in [-0.15, -0.1) is 0 Å². The second-order valence-corrected chi connectivity index (χ2v) is 4.98. The molecule has 0 aliphatic carbocycles. The van der Waals surface area contributed by atoms with Crippen LogP contribution < -0.4 is 0 Å². The van der Waals surface area contributed by atoms with E-state index in [0.717, 1.165) is 6.26 Å². The van der Waals surface area contributed by atoms with Crippen molar-refractivity contribution in [2.24, 2.45) is 0 Å². The molecule has 0 spiro atoms. The molecule has 0 saturated carbocycles. The van der Waals surface area contributed by atoms with Crippen LogP contribution in [0.2, 0.25) is 0 Å². The van der Waals surface area contributed by atoms with Gasteiger partial charge in [-0.1, -0.05) is 0 Å². The Morgan fingerprint density at radius 3 is 2.73 bits per heavy atom. The molecule has 0 radical (unpaired) electrons. The Bertz CT molecular complexity index is 342. The summed E-state index contributed by atoms with van der Waals surface area (Å²) in [5.74, 6) is -0.0813. The number of sulfone groups is 1. The minimum Gasteiger partial charge on any atom is -0.439 e. The molecule has 0 bridgehead atoms. The highest BCUT2D eigenvalue weighted by Gasteiger charge is 2.08. The lowest BCUT2D eigenvalue weighted by molar-refractivity contribution is 0.528. The first-order valence-corrected chi connectivity index (χ1v) is 5.60. The van der Waals surface area contributed by atoms with E-state index in [1.807, 2.05) is 0 Å². The number of hydrogen-bond donors (Lipinski definition) is 0. The van der Waals surface area contributed by atoms with E-state index in [4.69, 9.17) is 4.42 Å². The van der Waals surface area contributed by atoms with E-state index in [2.05, 4.69) is 20.9 Å². The summed E-state index contributed by atoms with van der Waals surface area (Å²) in [5, 5.41) is 0. The van der Waals surface area contributed by atoms with Gasteiger partial charge in [0.1, 0.15) is 6.26 Å². The molecule has 0 saturated heterocycles. The highest BCUT2D eigenvalue weighted by molar-refractivity contribution is 9.10. The monoisotopic (exact) mass is 239 g/mol. The van der Waals surface area contributed by atoms with Crippen molar-refractivity contribution < 1.29 is 12.8 Å². The summed E-state index contributed by atoms with van der Waals surface area (Å²) in [6, 6.07) is 0. The molecular weight excluding hydrogens is 234 g/mol. The molecule has 6 heteroatoms. The quantitative estimate of drug-likeness (QED) is 0.773. The highest BCUT2D eigenvalue weighted by atomic mass is 79.9. The van der Waals surface area contributed by atoms with Crippen molar-refractivity contribution in [2.75, 3.05) is 6.26 Å². The van der Waals surface area contributed by atoms with Gasteiger partial charge in [0.05, 0.1) is 11.4 Å². The smallest absolute Gasteiger partial charge is 0.264 e. The maximum Gasteiger partial charge on any atom is 0.264 e. The van der Waals surface area contributed by atoms with E-state index in [1.54, 1.807) is 0 Å². The summed E-state index contributed by atoms with van der Waals surface area (Å²) >= 11 is 2.97. The van der Waals surface area contributed by atoms with E-state index < -0.39 is 9.84 Å². The van der Waals surface area contributed by atoms with Crippen LogP contribution in [-0.4, -0.2) is 19.7 Å². The number of nitrogens with zero attached hydrogens (tertiary/aromatic N) is 1. The van der Waals surface area contributed by atoms with Crippen LogP contribution in [0.4, 0.5) is 0 Å². The fourth-order valence-electron chi connectivity index (χ4n) is 0.617. The third kappa shape index (κ3) is 3.02. The average molecular weight is 240 g/mol. The summed E-state index contributed by atoms with van der Waals surface area (Å²) in [5.41, 5.74) is 0.416. The molecule has 1 rings (SSSR count). The van der Waals surface area contributed by atoms with Crippen molar-refractivity contribution in [3.05, 3.63) is 16.8 Å². The van der Waals surface area contributed by atoms with Crippen molar-refractivity contribution >= 4 is 25.8 Å². The molecule has 0 aliphatic heterocycles. The van der Waals surface area contributed by atoms with Crippen molar-refractivity contribution in [3.8, 4) is 0 Å². The fraction of sp³-hybridized carbons (Fsp3) is 0.400. The van der Waals surface area contributed by atoms with Crippen LogP contribution in [0.25, 0.3) is 0 Å². The fourth-order valence-corrected chi connectivity index (χ4v) is 1.61. The second-order valence-electron chi connectivity index (χ2n) is 2.16. The average Bonchev–Trinajstić information content (AvgIpc) is 2.10. The maximum atomic E-state index is 10.7. The molecule has 4 nitrogen and oxygen atoms in total. The first kappa shape index (κ1) is 8.73. The molecule has 0 aromatic carbocycles. The zero-order valence-corrected chi connectivity index (χ0v) is 8.15. The highest BCUT2D eigenvalue weighted by Crippen LogP contribution is 2.10. The van der Waals surface area contributed by atoms with Crippen molar-refractivity contribution in [2.45, 2.75) is 5.75 Å². The molecule has 1 aromatic heterocycles. The van der Waals surface area contributed by atoms with Crippen LogP contribution in [0.1, 0.15) is 5.69 Å². The molecular formula is C5H6BrNO3S. The van der Waals surface area contributed by atoms with Gasteiger partial charge < -0.3 is 4.42 Å². The predicted octanol–water partition coefficient (Wildman–Crippen LogP) is 0.982. The van der Waals surface area contributed by atoms with Crippen LogP contribution in [-0.2, 0) is 15.6 Å². The Hall–Kier alpha value is -0.360. The second kappa shape index (κ2) is 2.94. The summed E-state index contributed by atoms with van der Waals surface area (Å²) in [6.07, 6.45) is 2.46. The maximum absolute atomic E-state index is 10.7. The zero-order chi connectivity index (χ0) is 8.48. The third-order valence-corrected chi connectivity index (χ3v) is 2.12. The SMILES string of the molecule is CS(=O)(=O)Cc1coc(Br)n1. The van der Waals surface area contributed by atoms with Crippen LogP contribution in [0.15, 0.2) is 15.5 Å². The van der Waals surface area contributed by atoms with Gasteiger partial charge in [0.15, 0.2) is 9.84 Å². The standard InChI is InChI=1S/C5H6BrNO3S/c1-11(8,9)3-4-2-10-5(6)7-4/h2H,3H2,1H3. The molecule has 62 valence electrons. The lowest BCUT2D eigenvalue weighted by Crippen LogP contribution is -2.00. The van der Waals surface area contributed by atoms with Crippen molar-refractivity contribution in [1.29, 1.82) is 0 Å². The third-order valence-electron chi connectivity index (χ3n) is 0.934. The molecule has 0 N–H and O–H groups in total. The minimum absolute atomic E-state index is 0.0813. The Morgan fingerprint density at radius 1 is 1.73 bits per heavy atom. The Morgan fingerprint density at radius 2 is 2.36 bits per heavy atom. The van der Waals surface area contributed by atoms with Gasteiger partial charge in [-0.2, -0.15) is 0 Å². The van der Waals surface area contributed by atoms with Gasteiger partial charge in [0.2, 0.25) is 0 Å². The predicted molar refractivity (Wildman–Crippen MR) is 42.8 cm³/mol. The zero-order valence-electron chi connectivity index (χ0n) is 5.74. The van der Waals surface area contributed by atoms with E-state index in [0.29, 0.717) is 10.5 Å². The van der Waals surface area contributed by atoms with Gasteiger partial charge in [-0.3, -0.25) is 0 Å². The molecule has 0 atom stereocenters. The Kier molecular flexibility index (Phi) is 2.34. The van der Waals surface area contributed by atoms with Crippen molar-refractivity contribution in [1.82, 2.24) is 4.98 Å². The number of rotatable bonds is 2. The molecule has 1 aromatic rings. The summed E-state index contributed by atoms with van der Waals surface area (Å²) in [7, 11) is -3.01. The topological polar surface area (TPSA) is 60.2 Å². The van der Waals surface area contributed by atoms with Gasteiger partial charge in [-0.05, 0) is 0 Å². The first-order valence-electron chi connectivity index (χ1n) is 2.75. The number of aromatic nitrogens is 1. The molecule has 0 fully saturated rings. The van der Waals surface area contributed by atoms with Crippen molar-refractivity contribution in [3.63, 3.8) is 0 Å². The number of hydrogen-bond acceptors (Lipinski definition) is 4. The van der Waals surface area contributed by atoms with Crippen LogP contribution in [0.3, 0.4) is 0 Å². The van der Waals surface area contributed by atoms with Gasteiger partial charge in [0, 0.05) is 22.2 Å². The largest absolute Gasteiger partial charge is 0.439 e. The van der Waals surface area contributed by atoms with Gasteiger partial charge in [-0.25, -0.2) is 13.4 Å². The molecule has 0 unspecified atom stereocenters. The summed E-state index contributed by atoms with van der Waals surface area (Å²) in [4.78, 5) is 4.07. The molecule has 11 heavy (non-hydrogen) atoms. The summed E-state index contributed by atoms with van der Waals surface area (Å²) in [6.45, 7) is 0. The lowest BCUT2D eigenvalue weighted by Gasteiger charge is -1.89. The summed E-state index contributed by atoms with van der Waals surface area (Å²) < 4.78 is 26.2. The number of oxazole rings is 1. The normalized spacial score (nSPS) is 11.8. The Labute approximate surface area is 72.7 Å². The van der Waals surface area contributed by atoms with E-state index in [1.165, 1.54) is 6.26 Å². The lowest BCUT2D eigenvalue weighted by atomic mass is 10.6. The van der Waals surface area contributed by atoms with Gasteiger partial charge >= 0.3 is 0 Å². The first-order chi connectivity index (χ1) is 4.97. The molecule has 0 aliphatic rings. The van der Waals surface area contributed by atoms with Crippen LogP contribution >= 0.6 is 15.9 Å².